The van der Waals surface area contributed by atoms with Crippen molar-refractivity contribution < 1.29 is 14.7 Å². The number of phenolic OH excluding ortho intramolecular Hbond substituents is 1. The van der Waals surface area contributed by atoms with Gasteiger partial charge in [0.15, 0.2) is 0 Å². The van der Waals surface area contributed by atoms with E-state index in [1.807, 2.05) is 18.2 Å². The summed E-state index contributed by atoms with van der Waals surface area (Å²) in [5.41, 5.74) is 1.37. The summed E-state index contributed by atoms with van der Waals surface area (Å²) in [6.07, 6.45) is 0.176. The number of anilines is 1. The van der Waals surface area contributed by atoms with E-state index in [0.29, 0.717) is 23.8 Å². The first-order chi connectivity index (χ1) is 11.5. The van der Waals surface area contributed by atoms with E-state index >= 15 is 0 Å². The molecule has 0 bridgehead atoms. The Morgan fingerprint density at radius 2 is 2.04 bits per heavy atom. The third kappa shape index (κ3) is 3.68. The second kappa shape index (κ2) is 6.93. The molecular formula is C18H17ClN2O3. The van der Waals surface area contributed by atoms with E-state index in [2.05, 4.69) is 5.32 Å². The molecule has 1 aliphatic rings. The highest BCUT2D eigenvalue weighted by Crippen LogP contribution is 2.25. The van der Waals surface area contributed by atoms with Crippen LogP contribution in [0.5, 0.6) is 5.75 Å². The summed E-state index contributed by atoms with van der Waals surface area (Å²) >= 11 is 6.13. The predicted molar refractivity (Wildman–Crippen MR) is 91.7 cm³/mol. The first kappa shape index (κ1) is 16.3. The highest BCUT2D eigenvalue weighted by Gasteiger charge is 2.34. The van der Waals surface area contributed by atoms with Gasteiger partial charge in [-0.25, -0.2) is 0 Å². The van der Waals surface area contributed by atoms with E-state index in [1.54, 1.807) is 23.1 Å². The second-order valence-corrected chi connectivity index (χ2v) is 6.21. The van der Waals surface area contributed by atoms with E-state index < -0.39 is 5.92 Å². The van der Waals surface area contributed by atoms with Crippen LogP contribution in [0.2, 0.25) is 5.02 Å². The number of hydrogen-bond donors (Lipinski definition) is 2. The third-order valence-electron chi connectivity index (χ3n) is 4.02. The van der Waals surface area contributed by atoms with E-state index in [-0.39, 0.29) is 24.0 Å². The number of benzene rings is 2. The van der Waals surface area contributed by atoms with Crippen molar-refractivity contribution in [1.29, 1.82) is 0 Å². The molecule has 3 rings (SSSR count). The van der Waals surface area contributed by atoms with E-state index in [9.17, 15) is 14.7 Å². The Hall–Kier alpha value is -2.53. The summed E-state index contributed by atoms with van der Waals surface area (Å²) in [5.74, 6) is -0.625. The molecule has 1 atom stereocenters. The van der Waals surface area contributed by atoms with Crippen LogP contribution in [0.3, 0.4) is 0 Å². The Morgan fingerprint density at radius 1 is 1.25 bits per heavy atom. The zero-order valence-electron chi connectivity index (χ0n) is 12.9. The summed E-state index contributed by atoms with van der Waals surface area (Å²) in [6, 6.07) is 13.7. The van der Waals surface area contributed by atoms with Crippen LogP contribution in [-0.4, -0.2) is 28.4 Å². The monoisotopic (exact) mass is 344 g/mol. The molecule has 0 aliphatic carbocycles. The first-order valence-electron chi connectivity index (χ1n) is 7.64. The molecule has 124 valence electrons. The van der Waals surface area contributed by atoms with E-state index in [4.69, 9.17) is 11.6 Å². The number of aromatic hydroxyl groups is 1. The van der Waals surface area contributed by atoms with Gasteiger partial charge in [-0.05, 0) is 23.8 Å². The molecule has 2 aromatic rings. The molecule has 1 aliphatic heterocycles. The van der Waals surface area contributed by atoms with Gasteiger partial charge in [0.2, 0.25) is 11.8 Å². The Bertz CT molecular complexity index is 778. The summed E-state index contributed by atoms with van der Waals surface area (Å²) < 4.78 is 0. The van der Waals surface area contributed by atoms with Crippen LogP contribution in [0.25, 0.3) is 0 Å². The highest BCUT2D eigenvalue weighted by atomic mass is 35.5. The SMILES string of the molecule is O=C(Nc1cccc(O)c1)[C@@H]1CC(=O)N(Cc2ccccc2Cl)C1. The van der Waals surface area contributed by atoms with Crippen LogP contribution in [0.1, 0.15) is 12.0 Å². The third-order valence-corrected chi connectivity index (χ3v) is 4.39. The van der Waals surface area contributed by atoms with E-state index in [0.717, 1.165) is 5.56 Å². The van der Waals surface area contributed by atoms with Gasteiger partial charge in [0.1, 0.15) is 5.75 Å². The van der Waals surface area contributed by atoms with Gasteiger partial charge in [0, 0.05) is 36.3 Å². The molecule has 6 heteroatoms. The van der Waals surface area contributed by atoms with Gasteiger partial charge < -0.3 is 15.3 Å². The summed E-state index contributed by atoms with van der Waals surface area (Å²) in [5, 5.41) is 12.8. The molecule has 0 saturated carbocycles. The van der Waals surface area contributed by atoms with Crippen LogP contribution in [0.15, 0.2) is 48.5 Å². The molecule has 5 nitrogen and oxygen atoms in total. The number of carbonyl (C=O) groups excluding carboxylic acids is 2. The number of nitrogens with one attached hydrogen (secondary N) is 1. The van der Waals surface area contributed by atoms with Crippen molar-refractivity contribution >= 4 is 29.1 Å². The fourth-order valence-corrected chi connectivity index (χ4v) is 2.96. The minimum atomic E-state index is -0.415. The van der Waals surface area contributed by atoms with Gasteiger partial charge in [0.25, 0.3) is 0 Å². The zero-order chi connectivity index (χ0) is 17.1. The molecule has 0 unspecified atom stereocenters. The number of amides is 2. The molecule has 1 fully saturated rings. The predicted octanol–water partition coefficient (Wildman–Crippen LogP) is 3.03. The van der Waals surface area contributed by atoms with Crippen molar-refractivity contribution in [2.45, 2.75) is 13.0 Å². The fraction of sp³-hybridized carbons (Fsp3) is 0.222. The van der Waals surface area contributed by atoms with Gasteiger partial charge in [-0.3, -0.25) is 9.59 Å². The van der Waals surface area contributed by atoms with Crippen LogP contribution in [0.4, 0.5) is 5.69 Å². The van der Waals surface area contributed by atoms with E-state index in [1.165, 1.54) is 12.1 Å². The Morgan fingerprint density at radius 3 is 2.79 bits per heavy atom. The lowest BCUT2D eigenvalue weighted by molar-refractivity contribution is -0.128. The topological polar surface area (TPSA) is 69.6 Å². The largest absolute Gasteiger partial charge is 0.508 e. The zero-order valence-corrected chi connectivity index (χ0v) is 13.7. The molecule has 2 N–H and O–H groups in total. The van der Waals surface area contributed by atoms with Crippen molar-refractivity contribution in [3.8, 4) is 5.75 Å². The number of likely N-dealkylation sites (tertiary alicyclic amines) is 1. The summed E-state index contributed by atoms with van der Waals surface area (Å²) in [4.78, 5) is 26.2. The van der Waals surface area contributed by atoms with Crippen LogP contribution >= 0.6 is 11.6 Å². The molecule has 0 spiro atoms. The van der Waals surface area contributed by atoms with Gasteiger partial charge in [0.05, 0.1) is 5.92 Å². The van der Waals surface area contributed by atoms with Gasteiger partial charge >= 0.3 is 0 Å². The molecule has 0 radical (unpaired) electrons. The quantitative estimate of drug-likeness (QED) is 0.895. The molecule has 1 heterocycles. The molecular weight excluding hydrogens is 328 g/mol. The van der Waals surface area contributed by atoms with Crippen molar-refractivity contribution in [3.63, 3.8) is 0 Å². The molecule has 1 saturated heterocycles. The Kier molecular flexibility index (Phi) is 4.71. The Balaban J connectivity index is 1.64. The number of nitrogens with zero attached hydrogens (tertiary/aromatic N) is 1. The number of carbonyl (C=O) groups is 2. The highest BCUT2D eigenvalue weighted by molar-refractivity contribution is 6.31. The Labute approximate surface area is 144 Å². The maximum absolute atomic E-state index is 12.3. The summed E-state index contributed by atoms with van der Waals surface area (Å²) in [6.45, 7) is 0.753. The molecule has 24 heavy (non-hydrogen) atoms. The minimum absolute atomic E-state index is 0.0639. The standard InChI is InChI=1S/C18H17ClN2O3/c19-16-7-2-1-4-12(16)10-21-11-13(8-17(21)23)18(24)20-14-5-3-6-15(22)9-14/h1-7,9,13,22H,8,10-11H2,(H,20,24)/t13-/m1/s1. The van der Waals surface area contributed by atoms with Crippen molar-refractivity contribution in [2.24, 2.45) is 5.92 Å². The lowest BCUT2D eigenvalue weighted by Gasteiger charge is -2.17. The van der Waals surface area contributed by atoms with Gasteiger partial charge in [-0.15, -0.1) is 0 Å². The van der Waals surface area contributed by atoms with Crippen molar-refractivity contribution in [2.75, 3.05) is 11.9 Å². The fourth-order valence-electron chi connectivity index (χ4n) is 2.76. The average Bonchev–Trinajstić information content (AvgIpc) is 2.91. The smallest absolute Gasteiger partial charge is 0.229 e. The number of hydrogen-bond acceptors (Lipinski definition) is 3. The number of rotatable bonds is 4. The van der Waals surface area contributed by atoms with Gasteiger partial charge in [-0.2, -0.15) is 0 Å². The lowest BCUT2D eigenvalue weighted by atomic mass is 10.1. The lowest BCUT2D eigenvalue weighted by Crippen LogP contribution is -2.28. The number of halogens is 1. The van der Waals surface area contributed by atoms with Crippen molar-refractivity contribution in [1.82, 2.24) is 4.90 Å². The van der Waals surface area contributed by atoms with Crippen LogP contribution < -0.4 is 5.32 Å². The van der Waals surface area contributed by atoms with Crippen LogP contribution in [-0.2, 0) is 16.1 Å². The summed E-state index contributed by atoms with van der Waals surface area (Å²) in [7, 11) is 0. The second-order valence-electron chi connectivity index (χ2n) is 5.81. The molecule has 2 aromatic carbocycles. The number of phenols is 1. The average molecular weight is 345 g/mol. The minimum Gasteiger partial charge on any atom is -0.508 e. The van der Waals surface area contributed by atoms with Crippen LogP contribution in [0, 0.1) is 5.92 Å². The van der Waals surface area contributed by atoms with Gasteiger partial charge in [-0.1, -0.05) is 35.9 Å². The normalized spacial score (nSPS) is 17.1. The maximum Gasteiger partial charge on any atom is 0.229 e. The molecule has 2 amide bonds. The first-order valence-corrected chi connectivity index (χ1v) is 8.02. The molecule has 0 aromatic heterocycles. The maximum atomic E-state index is 12.3. The van der Waals surface area contributed by atoms with Crippen molar-refractivity contribution in [3.05, 3.63) is 59.1 Å².